The number of carbonyl (C=O) groups excluding carboxylic acids is 5. The van der Waals surface area contributed by atoms with Crippen LogP contribution in [0.4, 0.5) is 0 Å². The van der Waals surface area contributed by atoms with Gasteiger partial charge in [-0.15, -0.1) is 22.7 Å². The standard InChI is InChI=1S/C16H14BrNO4S.C14H12BrNO3S/c1-7(19)22-12-6-13-9(4-10(12)17)15(16(18)21)14(23-13)5-11(20)8-2-3-8;15-8-3-7-11(5-10(8)18)20-12(13(7)14(16)19)4-9(17)6-1-2-6/h4,6,8H,2-3,5H2,1H3,(H2,18,21);3,5-6,18H,1-2,4H2,(H2,16,19). The second-order valence-corrected chi connectivity index (χ2v) is 14.5. The third kappa shape index (κ3) is 7.00. The Bertz CT molecular complexity index is 1840. The van der Waals surface area contributed by atoms with Crippen LogP contribution in [0, 0.1) is 11.8 Å². The van der Waals surface area contributed by atoms with Crippen molar-refractivity contribution in [2.45, 2.75) is 45.4 Å². The Morgan fingerprint density at radius 1 is 0.791 bits per heavy atom. The third-order valence-electron chi connectivity index (χ3n) is 7.13. The molecular weight excluding hydrogens is 724 g/mol. The predicted octanol–water partition coefficient (Wildman–Crippen LogP) is 6.20. The van der Waals surface area contributed by atoms with Gasteiger partial charge in [0.1, 0.15) is 23.1 Å². The third-order valence-corrected chi connectivity index (χ3v) is 10.7. The molecule has 0 radical (unpaired) electrons. The minimum atomic E-state index is -0.554. The molecule has 224 valence electrons. The lowest BCUT2D eigenvalue weighted by Crippen LogP contribution is -2.14. The molecule has 2 saturated carbocycles. The fourth-order valence-corrected chi connectivity index (χ4v) is 7.97. The van der Waals surface area contributed by atoms with Crippen molar-refractivity contribution in [1.82, 2.24) is 0 Å². The van der Waals surface area contributed by atoms with Gasteiger partial charge in [0.25, 0.3) is 0 Å². The second kappa shape index (κ2) is 12.5. The summed E-state index contributed by atoms with van der Waals surface area (Å²) in [5, 5.41) is 11.1. The van der Waals surface area contributed by atoms with Crippen molar-refractivity contribution in [3.8, 4) is 11.5 Å². The van der Waals surface area contributed by atoms with Crippen molar-refractivity contribution in [1.29, 1.82) is 0 Å². The minimum absolute atomic E-state index is 0.106. The Labute approximate surface area is 270 Å². The van der Waals surface area contributed by atoms with Crippen molar-refractivity contribution in [3.63, 3.8) is 0 Å². The number of fused-ring (bicyclic) bond motifs is 2. The molecule has 2 aromatic carbocycles. The fraction of sp³-hybridized carbons (Fsp3) is 0.300. The molecule has 2 aliphatic carbocycles. The maximum absolute atomic E-state index is 12.1. The highest BCUT2D eigenvalue weighted by Gasteiger charge is 2.32. The maximum Gasteiger partial charge on any atom is 0.308 e. The minimum Gasteiger partial charge on any atom is -0.507 e. The van der Waals surface area contributed by atoms with Gasteiger partial charge in [-0.25, -0.2) is 0 Å². The highest BCUT2D eigenvalue weighted by molar-refractivity contribution is 9.11. The van der Waals surface area contributed by atoms with Crippen LogP contribution in [0.1, 0.15) is 63.1 Å². The summed E-state index contributed by atoms with van der Waals surface area (Å²) in [5.41, 5.74) is 11.8. The Balaban J connectivity index is 0.000000173. The predicted molar refractivity (Wildman–Crippen MR) is 172 cm³/mol. The molecule has 2 amide bonds. The van der Waals surface area contributed by atoms with Gasteiger partial charge in [0.05, 0.1) is 20.1 Å². The lowest BCUT2D eigenvalue weighted by molar-refractivity contribution is -0.132. The molecule has 2 heterocycles. The smallest absolute Gasteiger partial charge is 0.308 e. The van der Waals surface area contributed by atoms with E-state index in [4.69, 9.17) is 16.2 Å². The number of halogens is 2. The Hall–Kier alpha value is -3.13. The molecule has 6 rings (SSSR count). The number of amides is 2. The topological polar surface area (TPSA) is 167 Å². The normalized spacial score (nSPS) is 14.3. The summed E-state index contributed by atoms with van der Waals surface area (Å²) in [7, 11) is 0. The Morgan fingerprint density at radius 3 is 1.65 bits per heavy atom. The molecule has 43 heavy (non-hydrogen) atoms. The van der Waals surface area contributed by atoms with Crippen molar-refractivity contribution in [2.75, 3.05) is 0 Å². The summed E-state index contributed by atoms with van der Waals surface area (Å²) in [6, 6.07) is 6.65. The summed E-state index contributed by atoms with van der Waals surface area (Å²) in [5.74, 6) is -0.432. The van der Waals surface area contributed by atoms with Crippen molar-refractivity contribution in [3.05, 3.63) is 54.1 Å². The number of rotatable bonds is 9. The average Bonchev–Trinajstić information content (AvgIpc) is 3.84. The number of ether oxygens (including phenoxy) is 1. The van der Waals surface area contributed by atoms with Crippen LogP contribution >= 0.6 is 54.5 Å². The molecule has 0 atom stereocenters. The van der Waals surface area contributed by atoms with Crippen LogP contribution in [0.25, 0.3) is 20.2 Å². The van der Waals surface area contributed by atoms with Crippen molar-refractivity contribution >= 4 is 104 Å². The first-order valence-corrected chi connectivity index (χ1v) is 16.6. The van der Waals surface area contributed by atoms with Gasteiger partial charge >= 0.3 is 5.97 Å². The number of aromatic hydroxyl groups is 1. The molecule has 2 aromatic heterocycles. The van der Waals surface area contributed by atoms with Crippen LogP contribution < -0.4 is 16.2 Å². The van der Waals surface area contributed by atoms with Crippen molar-refractivity contribution in [2.24, 2.45) is 23.3 Å². The molecular formula is C30H26Br2N2O7S2. The number of hydrogen-bond donors (Lipinski definition) is 3. The van der Waals surface area contributed by atoms with Crippen LogP contribution in [0.2, 0.25) is 0 Å². The molecule has 0 spiro atoms. The van der Waals surface area contributed by atoms with E-state index >= 15 is 0 Å². The summed E-state index contributed by atoms with van der Waals surface area (Å²) in [6.45, 7) is 1.32. The summed E-state index contributed by atoms with van der Waals surface area (Å²) in [6.07, 6.45) is 4.23. The fourth-order valence-electron chi connectivity index (χ4n) is 4.74. The Kier molecular flexibility index (Phi) is 9.07. The van der Waals surface area contributed by atoms with E-state index in [1.54, 1.807) is 24.3 Å². The van der Waals surface area contributed by atoms with Gasteiger partial charge in [-0.2, -0.15) is 0 Å². The van der Waals surface area contributed by atoms with E-state index in [-0.39, 0.29) is 42.0 Å². The van der Waals surface area contributed by atoms with E-state index in [9.17, 15) is 29.1 Å². The lowest BCUT2D eigenvalue weighted by atomic mass is 10.1. The van der Waals surface area contributed by atoms with Gasteiger partial charge in [-0.05, 0) is 81.8 Å². The van der Waals surface area contributed by atoms with Gasteiger partial charge in [0, 0.05) is 61.5 Å². The zero-order valence-corrected chi connectivity index (χ0v) is 27.6. The molecule has 0 bridgehead atoms. The highest BCUT2D eigenvalue weighted by Crippen LogP contribution is 2.41. The van der Waals surface area contributed by atoms with Crippen molar-refractivity contribution < 1.29 is 33.8 Å². The second-order valence-electron chi connectivity index (χ2n) is 10.5. The first-order valence-electron chi connectivity index (χ1n) is 13.4. The average molecular weight is 750 g/mol. The first-order chi connectivity index (χ1) is 20.3. The number of phenols is 1. The van der Waals surface area contributed by atoms with Crippen LogP contribution in [0.15, 0.2) is 33.2 Å². The first kappa shape index (κ1) is 31.3. The Morgan fingerprint density at radius 2 is 1.23 bits per heavy atom. The quantitative estimate of drug-likeness (QED) is 0.135. The van der Waals surface area contributed by atoms with E-state index in [0.717, 1.165) is 35.1 Å². The maximum atomic E-state index is 12.1. The van der Waals surface area contributed by atoms with E-state index < -0.39 is 17.8 Å². The number of carbonyl (C=O) groups is 5. The number of esters is 1. The van der Waals surface area contributed by atoms with Crippen LogP contribution in [-0.2, 0) is 27.2 Å². The molecule has 13 heteroatoms. The summed E-state index contributed by atoms with van der Waals surface area (Å²) >= 11 is 9.25. The molecule has 2 fully saturated rings. The molecule has 4 aromatic rings. The number of thiophene rings is 2. The van der Waals surface area contributed by atoms with Crippen LogP contribution in [-0.4, -0.2) is 34.5 Å². The molecule has 2 aliphatic rings. The number of phenolic OH excluding ortho intramolecular Hbond substituents is 1. The largest absolute Gasteiger partial charge is 0.507 e. The van der Waals surface area contributed by atoms with Crippen LogP contribution in [0.3, 0.4) is 0 Å². The SMILES string of the molecule is CC(=O)Oc1cc2sc(CC(=O)C3CC3)c(C(N)=O)c2cc1Br.NC(=O)c1c(CC(=O)C2CC2)sc2cc(O)c(Br)cc12. The van der Waals surface area contributed by atoms with E-state index in [0.29, 0.717) is 46.3 Å². The number of hydrogen-bond acceptors (Lipinski definition) is 9. The zero-order valence-electron chi connectivity index (χ0n) is 22.8. The monoisotopic (exact) mass is 748 g/mol. The number of Topliss-reactive ketones (excluding diaryl/α,β-unsaturated/α-hetero) is 2. The number of primary amides is 2. The molecule has 5 N–H and O–H groups in total. The lowest BCUT2D eigenvalue weighted by Gasteiger charge is -2.04. The van der Waals surface area contributed by atoms with Gasteiger partial charge in [0.2, 0.25) is 11.8 Å². The molecule has 0 unspecified atom stereocenters. The highest BCUT2D eigenvalue weighted by atomic mass is 79.9. The van der Waals surface area contributed by atoms with Gasteiger partial charge in [0.15, 0.2) is 0 Å². The summed E-state index contributed by atoms with van der Waals surface area (Å²) < 4.78 is 7.71. The number of benzene rings is 2. The molecule has 9 nitrogen and oxygen atoms in total. The van der Waals surface area contributed by atoms with E-state index in [1.165, 1.54) is 29.6 Å². The van der Waals surface area contributed by atoms with E-state index in [1.807, 2.05) is 0 Å². The number of nitrogens with two attached hydrogens (primary N) is 2. The van der Waals surface area contributed by atoms with E-state index in [2.05, 4.69) is 31.9 Å². The molecule has 0 saturated heterocycles. The van der Waals surface area contributed by atoms with Gasteiger partial charge in [-0.3, -0.25) is 24.0 Å². The zero-order chi connectivity index (χ0) is 31.2. The van der Waals surface area contributed by atoms with Gasteiger partial charge < -0.3 is 21.3 Å². The molecule has 0 aliphatic heterocycles. The van der Waals surface area contributed by atoms with Gasteiger partial charge in [-0.1, -0.05) is 0 Å². The number of ketones is 2. The summed E-state index contributed by atoms with van der Waals surface area (Å²) in [4.78, 5) is 60.1. The van der Waals surface area contributed by atoms with Crippen LogP contribution in [0.5, 0.6) is 11.5 Å².